The first-order valence-electron chi connectivity index (χ1n) is 20.5. The van der Waals surface area contributed by atoms with Gasteiger partial charge in [-0.3, -0.25) is 0 Å². The molecule has 4 atom stereocenters. The maximum absolute atomic E-state index is 10.5. The van der Waals surface area contributed by atoms with Gasteiger partial charge in [-0.1, -0.05) is 0 Å². The molecular weight excluding hydrogens is 1250 g/mol. The molecule has 4 aliphatic rings. The Morgan fingerprint density at radius 3 is 1.09 bits per heavy atom. The van der Waals surface area contributed by atoms with E-state index in [0.717, 1.165) is 51.3 Å². The van der Waals surface area contributed by atoms with Crippen LogP contribution in [0.25, 0.3) is 24.3 Å². The number of rotatable bonds is 9. The van der Waals surface area contributed by atoms with E-state index in [1.807, 2.05) is 0 Å². The van der Waals surface area contributed by atoms with E-state index in [9.17, 15) is 34.1 Å². The Hall–Kier alpha value is 1.12. The summed E-state index contributed by atoms with van der Waals surface area (Å²) in [5, 5.41) is 0. The molecule has 8 rings (SSSR count). The van der Waals surface area contributed by atoms with Crippen LogP contribution in [-0.4, -0.2) is 11.8 Å². The molecule has 306 valence electrons. The molecule has 58 heavy (non-hydrogen) atoms. The third-order valence-corrected chi connectivity index (χ3v) is 434. The summed E-state index contributed by atoms with van der Waals surface area (Å²) in [6.07, 6.45) is 14.2. The zero-order chi connectivity index (χ0) is 42.2. The SMILES string of the molecule is CC(C)C1=Cc2c(Br)cccc2[CH]1[Zr]([Cl])([Cl])([CH]1C(C(C)C)=Cc2c(Br)cccc21)([SiH](C)C)[Zr]([Cl])([Cl])([CH]1C=Cc2c(Br)cccc21)([CH]1C=Cc2c(Br)cccc21)[SiH](C)C. The maximum atomic E-state index is 10.5. The normalized spacial score (nSPS) is 23.4. The van der Waals surface area contributed by atoms with E-state index >= 15 is 0 Å². The van der Waals surface area contributed by atoms with Crippen molar-refractivity contribution in [3.63, 3.8) is 0 Å². The molecular formula is C46H50Br4Cl4Si2Zr2. The van der Waals surface area contributed by atoms with Crippen molar-refractivity contribution in [2.75, 3.05) is 0 Å². The average Bonchev–Trinajstić information content (AvgIpc) is 3.96. The number of allylic oxidation sites excluding steroid dienone is 4. The molecule has 4 unspecified atom stereocenters. The van der Waals surface area contributed by atoms with Crippen molar-refractivity contribution in [3.05, 3.63) is 158 Å². The third kappa shape index (κ3) is 4.87. The molecule has 0 aromatic heterocycles. The predicted molar refractivity (Wildman–Crippen MR) is 272 cm³/mol. The molecule has 4 aliphatic carbocycles. The first-order chi connectivity index (χ1) is 27.0. The molecule has 4 aromatic rings. The Kier molecular flexibility index (Phi) is 11.3. The number of halogens is 8. The number of benzene rings is 4. The van der Waals surface area contributed by atoms with Crippen molar-refractivity contribution in [1.29, 1.82) is 0 Å². The standard InChI is InChI=1S/2C12H12Br.2C9H6Br.2C2H7Si.4ClH.2Zr/c2*1-8(2)10-6-9-4-3-5-12(13)11(9)7-10;2*10-9-6-2-4-7-3-1-5-8(7)9;2*1-3-2;;;;;;/h2*3-8H,1-2H3;2*1-6H;2*3H,1-2H3;4*1H;;/q;;;;;;;;;;2*+2/p-4. The van der Waals surface area contributed by atoms with Crippen LogP contribution in [0.3, 0.4) is 0 Å². The quantitative estimate of drug-likeness (QED) is 0.147. The van der Waals surface area contributed by atoms with Gasteiger partial charge in [-0.2, -0.15) is 0 Å². The zero-order valence-electron chi connectivity index (χ0n) is 34.0. The van der Waals surface area contributed by atoms with E-state index in [1.54, 1.807) is 0 Å². The van der Waals surface area contributed by atoms with Crippen LogP contribution in [0.4, 0.5) is 0 Å². The van der Waals surface area contributed by atoms with Crippen molar-refractivity contribution in [2.45, 2.75) is 68.4 Å². The van der Waals surface area contributed by atoms with Crippen molar-refractivity contribution in [3.8, 4) is 0 Å². The second kappa shape index (κ2) is 14.3. The summed E-state index contributed by atoms with van der Waals surface area (Å²) in [7, 11) is 27.2. The second-order valence-corrected chi connectivity index (χ2v) is 197. The minimum absolute atomic E-state index is 0.116. The van der Waals surface area contributed by atoms with Crippen molar-refractivity contribution >= 4 is 134 Å². The molecule has 0 N–H and O–H groups in total. The minimum atomic E-state index is -7.29. The van der Waals surface area contributed by atoms with Crippen LogP contribution in [0.5, 0.6) is 0 Å². The van der Waals surface area contributed by atoms with Crippen molar-refractivity contribution < 1.29 is 18.6 Å². The molecule has 0 spiro atoms. The summed E-state index contributed by atoms with van der Waals surface area (Å²) in [6, 6.07) is 26.5. The van der Waals surface area contributed by atoms with Gasteiger partial charge in [0.2, 0.25) is 0 Å². The van der Waals surface area contributed by atoms with Crippen LogP contribution in [0, 0.1) is 11.8 Å². The fourth-order valence-electron chi connectivity index (χ4n) is 13.8. The molecule has 0 fully saturated rings. The van der Waals surface area contributed by atoms with Crippen LogP contribution in [-0.2, 0) is 18.6 Å². The molecule has 0 nitrogen and oxygen atoms in total. The first-order valence-corrected chi connectivity index (χ1v) is 64.8. The van der Waals surface area contributed by atoms with Crippen LogP contribution in [0.2, 0.25) is 26.2 Å². The Bertz CT molecular complexity index is 2470. The Labute approximate surface area is 385 Å². The number of hydrogen-bond donors (Lipinski definition) is 0. The van der Waals surface area contributed by atoms with Gasteiger partial charge in [-0.05, 0) is 0 Å². The number of hydrogen-bond acceptors (Lipinski definition) is 0. The van der Waals surface area contributed by atoms with Gasteiger partial charge in [0.15, 0.2) is 0 Å². The summed E-state index contributed by atoms with van der Waals surface area (Å²) in [5.41, 5.74) is 11.8. The fraction of sp³-hybridized carbons (Fsp3) is 0.304. The van der Waals surface area contributed by atoms with Crippen molar-refractivity contribution in [2.24, 2.45) is 11.8 Å². The van der Waals surface area contributed by atoms with Crippen LogP contribution in [0.1, 0.15) is 86.7 Å². The Balaban J connectivity index is 1.78. The van der Waals surface area contributed by atoms with Gasteiger partial charge < -0.3 is 0 Å². The molecule has 0 saturated heterocycles. The van der Waals surface area contributed by atoms with Crippen LogP contribution >= 0.6 is 97.8 Å². The number of fused-ring (bicyclic) bond motifs is 4. The first kappa shape index (κ1) is 45.7. The summed E-state index contributed by atoms with van der Waals surface area (Å²) in [5.74, 6) is -4.85. The van der Waals surface area contributed by atoms with Gasteiger partial charge in [0.25, 0.3) is 0 Å². The fourth-order valence-corrected chi connectivity index (χ4v) is 512. The molecule has 0 saturated carbocycles. The van der Waals surface area contributed by atoms with Gasteiger partial charge in [0, 0.05) is 0 Å². The van der Waals surface area contributed by atoms with E-state index in [-0.39, 0.29) is 26.3 Å². The van der Waals surface area contributed by atoms with Gasteiger partial charge in [-0.25, -0.2) is 0 Å². The van der Waals surface area contributed by atoms with Crippen LogP contribution < -0.4 is 0 Å². The summed E-state index contributed by atoms with van der Waals surface area (Å²) >= 11 is 16.1. The predicted octanol–water partition coefficient (Wildman–Crippen LogP) is 18.1. The van der Waals surface area contributed by atoms with E-state index in [2.05, 4.69) is 227 Å². The van der Waals surface area contributed by atoms with Crippen LogP contribution in [0.15, 0.2) is 114 Å². The molecule has 0 aliphatic heterocycles. The monoisotopic (exact) mass is 1290 g/mol. The second-order valence-electron chi connectivity index (χ2n) is 19.1. The van der Waals surface area contributed by atoms with E-state index in [4.69, 9.17) is 0 Å². The average molecular weight is 1300 g/mol. The van der Waals surface area contributed by atoms with E-state index < -0.39 is 30.4 Å². The molecule has 0 heterocycles. The topological polar surface area (TPSA) is 0 Å². The Morgan fingerprint density at radius 1 is 0.466 bits per heavy atom. The molecule has 0 radical (unpaired) electrons. The molecule has 4 aromatic carbocycles. The summed E-state index contributed by atoms with van der Waals surface area (Å²) < 4.78 is 2.67. The van der Waals surface area contributed by atoms with E-state index in [0.29, 0.717) is 0 Å². The summed E-state index contributed by atoms with van der Waals surface area (Å²) in [6.45, 7) is 19.2. The van der Waals surface area contributed by atoms with Gasteiger partial charge >= 0.3 is 391 Å². The zero-order valence-corrected chi connectivity index (χ0v) is 50.6. The van der Waals surface area contributed by atoms with Gasteiger partial charge in [0.05, 0.1) is 0 Å². The molecule has 0 amide bonds. The van der Waals surface area contributed by atoms with Gasteiger partial charge in [-0.15, -0.1) is 0 Å². The molecule has 12 heteroatoms. The van der Waals surface area contributed by atoms with Crippen molar-refractivity contribution in [1.82, 2.24) is 0 Å². The van der Waals surface area contributed by atoms with E-state index in [1.165, 1.54) is 22.3 Å². The van der Waals surface area contributed by atoms with Gasteiger partial charge in [0.1, 0.15) is 0 Å². The third-order valence-electron chi connectivity index (χ3n) is 16.4. The Morgan fingerprint density at radius 2 is 0.776 bits per heavy atom. The molecule has 0 bridgehead atoms. The summed E-state index contributed by atoms with van der Waals surface area (Å²) in [4.78, 5) is 0.